The van der Waals surface area contributed by atoms with Gasteiger partial charge in [0.05, 0.1) is 0 Å². The number of nitrogens with zero attached hydrogens (tertiary/aromatic N) is 2. The van der Waals surface area contributed by atoms with Gasteiger partial charge in [0.15, 0.2) is 0 Å². The largest absolute Gasteiger partial charge is 0.245 e. The Morgan fingerprint density at radius 2 is 2.30 bits per heavy atom. The standard InChI is InChI=1S/C8H10N2/c1-8(3-4-8)7-2-5-9-6-10-7/h2,5-6H,3-4H2,1H3. The van der Waals surface area contributed by atoms with Crippen LogP contribution < -0.4 is 0 Å². The smallest absolute Gasteiger partial charge is 0.115 e. The van der Waals surface area contributed by atoms with Crippen LogP contribution in [0.2, 0.25) is 0 Å². The van der Waals surface area contributed by atoms with Crippen LogP contribution in [-0.4, -0.2) is 9.97 Å². The third-order valence-corrected chi connectivity index (χ3v) is 2.20. The maximum absolute atomic E-state index is 4.20. The van der Waals surface area contributed by atoms with Crippen molar-refractivity contribution in [2.75, 3.05) is 0 Å². The molecule has 2 heteroatoms. The van der Waals surface area contributed by atoms with Crippen molar-refractivity contribution in [3.63, 3.8) is 0 Å². The maximum Gasteiger partial charge on any atom is 0.115 e. The Bertz CT molecular complexity index is 226. The second-order valence-corrected chi connectivity index (χ2v) is 3.16. The van der Waals surface area contributed by atoms with Crippen LogP contribution in [0.4, 0.5) is 0 Å². The second-order valence-electron chi connectivity index (χ2n) is 3.16. The highest BCUT2D eigenvalue weighted by atomic mass is 14.8. The van der Waals surface area contributed by atoms with Crippen molar-refractivity contribution >= 4 is 0 Å². The van der Waals surface area contributed by atoms with Crippen LogP contribution in [0.5, 0.6) is 0 Å². The summed E-state index contributed by atoms with van der Waals surface area (Å²) in [6.45, 7) is 2.25. The van der Waals surface area contributed by atoms with Gasteiger partial charge < -0.3 is 0 Å². The van der Waals surface area contributed by atoms with Gasteiger partial charge in [-0.25, -0.2) is 9.97 Å². The molecular formula is C8H10N2. The first kappa shape index (κ1) is 5.83. The number of rotatable bonds is 1. The van der Waals surface area contributed by atoms with E-state index in [1.54, 1.807) is 6.33 Å². The first-order valence-corrected chi connectivity index (χ1v) is 3.58. The highest BCUT2D eigenvalue weighted by molar-refractivity contribution is 5.20. The van der Waals surface area contributed by atoms with Crippen molar-refractivity contribution in [3.05, 3.63) is 24.3 Å². The zero-order valence-electron chi connectivity index (χ0n) is 6.04. The van der Waals surface area contributed by atoms with Crippen LogP contribution in [0.3, 0.4) is 0 Å². The molecule has 0 amide bonds. The lowest BCUT2D eigenvalue weighted by atomic mass is 10.1. The summed E-state index contributed by atoms with van der Waals surface area (Å²) >= 11 is 0. The minimum absolute atomic E-state index is 0.392. The Hall–Kier alpha value is -0.920. The Morgan fingerprint density at radius 3 is 2.80 bits per heavy atom. The minimum Gasteiger partial charge on any atom is -0.245 e. The van der Waals surface area contributed by atoms with E-state index in [0.717, 1.165) is 0 Å². The van der Waals surface area contributed by atoms with Gasteiger partial charge >= 0.3 is 0 Å². The summed E-state index contributed by atoms with van der Waals surface area (Å²) in [5, 5.41) is 0. The van der Waals surface area contributed by atoms with Crippen molar-refractivity contribution in [1.29, 1.82) is 0 Å². The molecule has 0 aliphatic heterocycles. The van der Waals surface area contributed by atoms with Crippen LogP contribution in [0.25, 0.3) is 0 Å². The molecule has 10 heavy (non-hydrogen) atoms. The number of hydrogen-bond donors (Lipinski definition) is 0. The van der Waals surface area contributed by atoms with E-state index in [2.05, 4.69) is 16.9 Å². The third kappa shape index (κ3) is 0.801. The lowest BCUT2D eigenvalue weighted by molar-refractivity contribution is 0.744. The van der Waals surface area contributed by atoms with Gasteiger partial charge in [0, 0.05) is 17.3 Å². The van der Waals surface area contributed by atoms with Gasteiger partial charge in [-0.05, 0) is 18.9 Å². The van der Waals surface area contributed by atoms with E-state index in [4.69, 9.17) is 0 Å². The molecule has 1 heterocycles. The van der Waals surface area contributed by atoms with Gasteiger partial charge in [0.1, 0.15) is 6.33 Å². The topological polar surface area (TPSA) is 25.8 Å². The summed E-state index contributed by atoms with van der Waals surface area (Å²) in [6.07, 6.45) is 6.00. The summed E-state index contributed by atoms with van der Waals surface area (Å²) in [5.41, 5.74) is 1.59. The van der Waals surface area contributed by atoms with Crippen molar-refractivity contribution < 1.29 is 0 Å². The molecule has 1 saturated carbocycles. The van der Waals surface area contributed by atoms with E-state index in [1.165, 1.54) is 18.5 Å². The minimum atomic E-state index is 0.392. The SMILES string of the molecule is CC1(c2ccncn2)CC1. The Labute approximate surface area is 60.3 Å². The predicted octanol–water partition coefficient (Wildman–Crippen LogP) is 1.53. The molecule has 0 unspecified atom stereocenters. The second kappa shape index (κ2) is 1.78. The van der Waals surface area contributed by atoms with Crippen LogP contribution in [0, 0.1) is 0 Å². The van der Waals surface area contributed by atoms with E-state index in [0.29, 0.717) is 5.41 Å². The molecular weight excluding hydrogens is 124 g/mol. The summed E-state index contributed by atoms with van der Waals surface area (Å²) in [7, 11) is 0. The molecule has 2 nitrogen and oxygen atoms in total. The van der Waals surface area contributed by atoms with E-state index in [1.807, 2.05) is 12.3 Å². The molecule has 1 aromatic heterocycles. The summed E-state index contributed by atoms with van der Waals surface area (Å²) in [5.74, 6) is 0. The summed E-state index contributed by atoms with van der Waals surface area (Å²) in [6, 6.07) is 2.01. The molecule has 0 atom stereocenters. The Morgan fingerprint density at radius 1 is 1.50 bits per heavy atom. The first-order chi connectivity index (χ1) is 4.81. The van der Waals surface area contributed by atoms with Crippen molar-refractivity contribution in [3.8, 4) is 0 Å². The monoisotopic (exact) mass is 134 g/mol. The van der Waals surface area contributed by atoms with Gasteiger partial charge in [0.2, 0.25) is 0 Å². The molecule has 0 radical (unpaired) electrons. The predicted molar refractivity (Wildman–Crippen MR) is 38.6 cm³/mol. The Balaban J connectivity index is 2.35. The number of aromatic nitrogens is 2. The molecule has 0 aromatic carbocycles. The molecule has 52 valence electrons. The normalized spacial score (nSPS) is 20.5. The van der Waals surface area contributed by atoms with Crippen molar-refractivity contribution in [2.24, 2.45) is 0 Å². The molecule has 0 N–H and O–H groups in total. The third-order valence-electron chi connectivity index (χ3n) is 2.20. The quantitative estimate of drug-likeness (QED) is 0.582. The molecule has 1 fully saturated rings. The van der Waals surface area contributed by atoms with Crippen molar-refractivity contribution in [2.45, 2.75) is 25.2 Å². The summed E-state index contributed by atoms with van der Waals surface area (Å²) < 4.78 is 0. The average Bonchev–Trinajstić information content (AvgIpc) is 2.72. The highest BCUT2D eigenvalue weighted by Gasteiger charge is 2.40. The van der Waals surface area contributed by atoms with Gasteiger partial charge in [-0.15, -0.1) is 0 Å². The van der Waals surface area contributed by atoms with Crippen LogP contribution in [-0.2, 0) is 5.41 Å². The average molecular weight is 134 g/mol. The molecule has 1 aliphatic carbocycles. The van der Waals surface area contributed by atoms with Gasteiger partial charge in [-0.3, -0.25) is 0 Å². The molecule has 0 saturated heterocycles. The lowest BCUT2D eigenvalue weighted by Crippen LogP contribution is -2.02. The van der Waals surface area contributed by atoms with Crippen molar-refractivity contribution in [1.82, 2.24) is 9.97 Å². The Kier molecular flexibility index (Phi) is 1.04. The molecule has 2 rings (SSSR count). The fourth-order valence-electron chi connectivity index (χ4n) is 1.09. The zero-order valence-corrected chi connectivity index (χ0v) is 6.04. The summed E-state index contributed by atoms with van der Waals surface area (Å²) in [4.78, 5) is 8.08. The first-order valence-electron chi connectivity index (χ1n) is 3.58. The maximum atomic E-state index is 4.20. The van der Waals surface area contributed by atoms with Gasteiger partial charge in [0.25, 0.3) is 0 Å². The van der Waals surface area contributed by atoms with Gasteiger partial charge in [-0.1, -0.05) is 6.92 Å². The van der Waals surface area contributed by atoms with E-state index < -0.39 is 0 Å². The van der Waals surface area contributed by atoms with E-state index in [9.17, 15) is 0 Å². The van der Waals surface area contributed by atoms with Crippen LogP contribution in [0.1, 0.15) is 25.5 Å². The molecule has 0 spiro atoms. The van der Waals surface area contributed by atoms with E-state index >= 15 is 0 Å². The lowest BCUT2D eigenvalue weighted by Gasteiger charge is -2.04. The van der Waals surface area contributed by atoms with Gasteiger partial charge in [-0.2, -0.15) is 0 Å². The zero-order chi connectivity index (χ0) is 7.03. The fraction of sp³-hybridized carbons (Fsp3) is 0.500. The molecule has 1 aromatic rings. The molecule has 1 aliphatic rings. The van der Waals surface area contributed by atoms with E-state index in [-0.39, 0.29) is 0 Å². The number of hydrogen-bond acceptors (Lipinski definition) is 2. The van der Waals surface area contributed by atoms with Crippen LogP contribution in [0.15, 0.2) is 18.6 Å². The van der Waals surface area contributed by atoms with Crippen LogP contribution >= 0.6 is 0 Å². The molecule has 0 bridgehead atoms. The fourth-order valence-corrected chi connectivity index (χ4v) is 1.09. The highest BCUT2D eigenvalue weighted by Crippen LogP contribution is 2.46.